The molecule has 0 aliphatic carbocycles. The van der Waals surface area contributed by atoms with Gasteiger partial charge in [-0.25, -0.2) is 9.88 Å². The van der Waals surface area contributed by atoms with E-state index in [0.29, 0.717) is 22.4 Å². The molecule has 8 nitrogen and oxygen atoms in total. The molecule has 0 bridgehead atoms. The molecule has 0 saturated carbocycles. The molecule has 1 aliphatic rings. The third kappa shape index (κ3) is 4.31. The van der Waals surface area contributed by atoms with Crippen LogP contribution in [0, 0.1) is 34.0 Å². The average Bonchev–Trinajstić information content (AvgIpc) is 3.16. The number of thioether (sulfide) groups is 1. The number of benzene rings is 2. The van der Waals surface area contributed by atoms with E-state index in [1.807, 2.05) is 43.3 Å². The number of rotatable bonds is 5. The number of aromatic nitrogens is 1. The Morgan fingerprint density at radius 3 is 2.23 bits per heavy atom. The molecule has 1 atom stereocenters. The zero-order valence-electron chi connectivity index (χ0n) is 18.6. The minimum Gasteiger partial charge on any atom is -0.383 e. The summed E-state index contributed by atoms with van der Waals surface area (Å²) in [6.45, 7) is 2.02. The molecular weight excluding hydrogens is 460 g/mol. The highest BCUT2D eigenvalue weighted by molar-refractivity contribution is 8.00. The fraction of sp³-hybridized carbons (Fsp3) is 0.154. The Bertz CT molecular complexity index is 1460. The molecular formula is C26H18N6O2S. The van der Waals surface area contributed by atoms with Crippen LogP contribution in [0.2, 0.25) is 0 Å². The lowest BCUT2D eigenvalue weighted by molar-refractivity contribution is -0.121. The maximum atomic E-state index is 13.1. The topological polar surface area (TPSA) is 148 Å². The van der Waals surface area contributed by atoms with Crippen LogP contribution < -0.4 is 10.6 Å². The lowest BCUT2D eigenvalue weighted by Crippen LogP contribution is -2.31. The number of imide groups is 1. The minimum absolute atomic E-state index is 0.0516. The molecule has 2 heterocycles. The molecule has 1 unspecified atom stereocenters. The van der Waals surface area contributed by atoms with Crippen molar-refractivity contribution in [2.24, 2.45) is 0 Å². The van der Waals surface area contributed by atoms with Gasteiger partial charge in [0.1, 0.15) is 28.5 Å². The number of pyridine rings is 1. The number of hydrogen-bond donors (Lipinski definition) is 1. The molecule has 0 radical (unpaired) electrons. The largest absolute Gasteiger partial charge is 0.383 e. The van der Waals surface area contributed by atoms with E-state index < -0.39 is 17.1 Å². The normalized spacial score (nSPS) is 14.9. The quantitative estimate of drug-likeness (QED) is 0.542. The number of hydrogen-bond acceptors (Lipinski definition) is 8. The zero-order valence-corrected chi connectivity index (χ0v) is 19.5. The number of aryl methyl sites for hydroxylation is 1. The third-order valence-corrected chi connectivity index (χ3v) is 6.85. The van der Waals surface area contributed by atoms with Crippen molar-refractivity contribution in [3.05, 3.63) is 70.8 Å². The molecule has 35 heavy (non-hydrogen) atoms. The molecule has 0 spiro atoms. The van der Waals surface area contributed by atoms with Crippen LogP contribution in [0.5, 0.6) is 0 Å². The van der Waals surface area contributed by atoms with Crippen LogP contribution in [0.4, 0.5) is 11.5 Å². The third-order valence-electron chi connectivity index (χ3n) is 5.68. The lowest BCUT2D eigenvalue weighted by Gasteiger charge is -2.16. The van der Waals surface area contributed by atoms with Gasteiger partial charge in [-0.2, -0.15) is 15.8 Å². The van der Waals surface area contributed by atoms with Crippen molar-refractivity contribution in [1.29, 1.82) is 15.8 Å². The standard InChI is InChI=1S/C26H18N6O2S/c1-2-15-3-7-17(8-4-15)23-19(13-28)24(30)31-25(20(23)14-29)35-21-11-22(33)32(26(21)34)18-9-5-16(12-27)6-10-18/h3-10,21H,2,11H2,1H3,(H2,30,31). The second-order valence-corrected chi connectivity index (χ2v) is 8.93. The molecule has 1 saturated heterocycles. The van der Waals surface area contributed by atoms with E-state index in [9.17, 15) is 20.1 Å². The van der Waals surface area contributed by atoms with Crippen molar-refractivity contribution in [3.8, 4) is 29.3 Å². The molecule has 1 fully saturated rings. The Morgan fingerprint density at radius 2 is 1.66 bits per heavy atom. The summed E-state index contributed by atoms with van der Waals surface area (Å²) in [5, 5.41) is 28.1. The van der Waals surface area contributed by atoms with E-state index in [1.165, 1.54) is 24.3 Å². The van der Waals surface area contributed by atoms with Crippen LogP contribution in [0.15, 0.2) is 53.6 Å². The monoisotopic (exact) mass is 478 g/mol. The Hall–Kier alpha value is -4.65. The average molecular weight is 479 g/mol. The smallest absolute Gasteiger partial charge is 0.247 e. The number of amides is 2. The Labute approximate surface area is 206 Å². The number of anilines is 2. The van der Waals surface area contributed by atoms with E-state index in [4.69, 9.17) is 11.0 Å². The maximum Gasteiger partial charge on any atom is 0.247 e. The highest BCUT2D eigenvalue weighted by Gasteiger charge is 2.41. The summed E-state index contributed by atoms with van der Waals surface area (Å²) in [6.07, 6.45) is 0.750. The summed E-state index contributed by atoms with van der Waals surface area (Å²) in [7, 11) is 0. The van der Waals surface area contributed by atoms with Gasteiger partial charge in [0.15, 0.2) is 0 Å². The van der Waals surface area contributed by atoms with Crippen LogP contribution in [0.25, 0.3) is 11.1 Å². The second-order valence-electron chi connectivity index (χ2n) is 7.74. The van der Waals surface area contributed by atoms with Gasteiger partial charge >= 0.3 is 0 Å². The summed E-state index contributed by atoms with van der Waals surface area (Å²) in [6, 6.07) is 19.8. The predicted molar refractivity (Wildman–Crippen MR) is 131 cm³/mol. The van der Waals surface area contributed by atoms with Gasteiger partial charge < -0.3 is 5.73 Å². The number of nitriles is 3. The van der Waals surface area contributed by atoms with E-state index in [2.05, 4.69) is 11.1 Å². The van der Waals surface area contributed by atoms with Crippen LogP contribution in [-0.2, 0) is 16.0 Å². The first-order valence-corrected chi connectivity index (χ1v) is 11.6. The van der Waals surface area contributed by atoms with E-state index >= 15 is 0 Å². The molecule has 1 aliphatic heterocycles. The van der Waals surface area contributed by atoms with Crippen molar-refractivity contribution in [1.82, 2.24) is 4.98 Å². The SMILES string of the molecule is CCc1ccc(-c2c(C#N)c(N)nc(SC3CC(=O)N(c4ccc(C#N)cc4)C3=O)c2C#N)cc1. The van der Waals surface area contributed by atoms with Gasteiger partial charge in [0.2, 0.25) is 11.8 Å². The van der Waals surface area contributed by atoms with Crippen molar-refractivity contribution in [3.63, 3.8) is 0 Å². The van der Waals surface area contributed by atoms with Crippen molar-refractivity contribution in [2.45, 2.75) is 30.0 Å². The fourth-order valence-corrected chi connectivity index (χ4v) is 4.98. The van der Waals surface area contributed by atoms with Gasteiger partial charge in [-0.1, -0.05) is 43.0 Å². The van der Waals surface area contributed by atoms with Gasteiger partial charge in [-0.05, 0) is 41.8 Å². The predicted octanol–water partition coefficient (Wildman–Crippen LogP) is 3.93. The molecule has 4 rings (SSSR count). The molecule has 2 amide bonds. The molecule has 2 N–H and O–H groups in total. The Balaban J connectivity index is 1.73. The van der Waals surface area contributed by atoms with Gasteiger partial charge in [-0.3, -0.25) is 9.59 Å². The number of nitrogens with zero attached hydrogens (tertiary/aromatic N) is 5. The fourth-order valence-electron chi connectivity index (χ4n) is 3.87. The molecule has 2 aromatic carbocycles. The Morgan fingerprint density at radius 1 is 1.00 bits per heavy atom. The van der Waals surface area contributed by atoms with E-state index in [0.717, 1.165) is 28.6 Å². The molecule has 1 aromatic heterocycles. The van der Waals surface area contributed by atoms with Gasteiger partial charge in [0.05, 0.1) is 28.1 Å². The molecule has 9 heteroatoms. The summed E-state index contributed by atoms with van der Waals surface area (Å²) in [5.41, 5.74) is 9.17. The summed E-state index contributed by atoms with van der Waals surface area (Å²) in [4.78, 5) is 31.1. The summed E-state index contributed by atoms with van der Waals surface area (Å²) < 4.78 is 0. The van der Waals surface area contributed by atoms with Crippen LogP contribution in [0.1, 0.15) is 35.6 Å². The van der Waals surface area contributed by atoms with E-state index in [-0.39, 0.29) is 28.4 Å². The lowest BCUT2D eigenvalue weighted by atomic mass is 9.96. The van der Waals surface area contributed by atoms with Gasteiger partial charge in [0.25, 0.3) is 0 Å². The zero-order chi connectivity index (χ0) is 25.1. The maximum absolute atomic E-state index is 13.1. The Kier molecular flexibility index (Phi) is 6.51. The summed E-state index contributed by atoms with van der Waals surface area (Å²) in [5.74, 6) is -0.899. The van der Waals surface area contributed by atoms with Crippen molar-refractivity contribution in [2.75, 3.05) is 10.6 Å². The number of nitrogen functional groups attached to an aromatic ring is 1. The second kappa shape index (κ2) is 9.69. The number of carbonyl (C=O) groups excluding carboxylic acids is 2. The summed E-state index contributed by atoms with van der Waals surface area (Å²) >= 11 is 0.983. The van der Waals surface area contributed by atoms with Crippen LogP contribution in [0.3, 0.4) is 0 Å². The first-order valence-electron chi connectivity index (χ1n) is 10.7. The van der Waals surface area contributed by atoms with E-state index in [1.54, 1.807) is 0 Å². The van der Waals surface area contributed by atoms with Crippen LogP contribution in [-0.4, -0.2) is 22.0 Å². The first kappa shape index (κ1) is 23.5. The first-order chi connectivity index (χ1) is 16.9. The van der Waals surface area contributed by atoms with Crippen LogP contribution >= 0.6 is 11.8 Å². The number of carbonyl (C=O) groups is 2. The van der Waals surface area contributed by atoms with Gasteiger partial charge in [0, 0.05) is 12.0 Å². The highest BCUT2D eigenvalue weighted by Crippen LogP contribution is 2.40. The number of nitrogens with two attached hydrogens (primary N) is 1. The van der Waals surface area contributed by atoms with Crippen molar-refractivity contribution >= 4 is 35.1 Å². The molecule has 3 aromatic rings. The minimum atomic E-state index is -0.819. The van der Waals surface area contributed by atoms with Gasteiger partial charge in [-0.15, -0.1) is 0 Å². The molecule has 170 valence electrons. The highest BCUT2D eigenvalue weighted by atomic mass is 32.2. The van der Waals surface area contributed by atoms with Crippen molar-refractivity contribution < 1.29 is 9.59 Å².